The fourth-order valence-corrected chi connectivity index (χ4v) is 3.82. The normalized spacial score (nSPS) is 14.6. The van der Waals surface area contributed by atoms with Crippen molar-refractivity contribution in [3.05, 3.63) is 41.2 Å². The van der Waals surface area contributed by atoms with Crippen LogP contribution in [-0.2, 0) is 11.2 Å². The van der Waals surface area contributed by atoms with Crippen molar-refractivity contribution in [1.29, 1.82) is 0 Å². The molecule has 0 radical (unpaired) electrons. The van der Waals surface area contributed by atoms with Gasteiger partial charge in [0, 0.05) is 23.5 Å². The minimum Gasteiger partial charge on any atom is -0.335 e. The van der Waals surface area contributed by atoms with Crippen LogP contribution in [0.3, 0.4) is 0 Å². The maximum absolute atomic E-state index is 13.1. The van der Waals surface area contributed by atoms with Crippen molar-refractivity contribution in [1.82, 2.24) is 10.3 Å². The van der Waals surface area contributed by atoms with Crippen LogP contribution < -0.4 is 16.0 Å². The smallest absolute Gasteiger partial charge is 0.321 e. The summed E-state index contributed by atoms with van der Waals surface area (Å²) < 4.78 is 13.1. The first kappa shape index (κ1) is 19.3. The molecule has 0 spiro atoms. The van der Waals surface area contributed by atoms with Gasteiger partial charge in [0.1, 0.15) is 5.82 Å². The Labute approximate surface area is 161 Å². The average molecular weight is 390 g/mol. The molecule has 1 aliphatic rings. The minimum atomic E-state index is -0.394. The number of aromatic nitrogens is 1. The fourth-order valence-electron chi connectivity index (χ4n) is 3.08. The molecule has 3 rings (SSSR count). The molecule has 1 aromatic heterocycles. The highest BCUT2D eigenvalue weighted by molar-refractivity contribution is 7.13. The van der Waals surface area contributed by atoms with Crippen LogP contribution in [0.5, 0.6) is 0 Å². The molecule has 0 unspecified atom stereocenters. The number of amides is 3. The zero-order chi connectivity index (χ0) is 19.1. The number of urea groups is 1. The molecule has 1 aliphatic carbocycles. The zero-order valence-electron chi connectivity index (χ0n) is 15.0. The van der Waals surface area contributed by atoms with Crippen LogP contribution in [0.2, 0.25) is 0 Å². The molecule has 6 nitrogen and oxygen atoms in total. The topological polar surface area (TPSA) is 83.1 Å². The van der Waals surface area contributed by atoms with Crippen molar-refractivity contribution in [2.24, 2.45) is 0 Å². The third-order valence-corrected chi connectivity index (χ3v) is 5.24. The van der Waals surface area contributed by atoms with Crippen LogP contribution in [-0.4, -0.2) is 23.0 Å². The second-order valence-electron chi connectivity index (χ2n) is 6.64. The van der Waals surface area contributed by atoms with Gasteiger partial charge < -0.3 is 10.6 Å². The van der Waals surface area contributed by atoms with Crippen molar-refractivity contribution in [2.45, 2.75) is 51.0 Å². The maximum Gasteiger partial charge on any atom is 0.321 e. The van der Waals surface area contributed by atoms with E-state index in [2.05, 4.69) is 20.9 Å². The number of benzene rings is 1. The largest absolute Gasteiger partial charge is 0.335 e. The Morgan fingerprint density at radius 3 is 2.78 bits per heavy atom. The fraction of sp³-hybridized carbons (Fsp3) is 0.421. The van der Waals surface area contributed by atoms with Crippen LogP contribution in [0.4, 0.5) is 20.0 Å². The van der Waals surface area contributed by atoms with Crippen LogP contribution >= 0.6 is 11.3 Å². The predicted molar refractivity (Wildman–Crippen MR) is 104 cm³/mol. The van der Waals surface area contributed by atoms with E-state index in [1.165, 1.54) is 29.9 Å². The van der Waals surface area contributed by atoms with Gasteiger partial charge in [0.05, 0.1) is 5.69 Å². The first-order valence-electron chi connectivity index (χ1n) is 9.16. The first-order chi connectivity index (χ1) is 13.1. The highest BCUT2D eigenvalue weighted by Crippen LogP contribution is 2.19. The van der Waals surface area contributed by atoms with E-state index in [0.717, 1.165) is 31.4 Å². The summed E-state index contributed by atoms with van der Waals surface area (Å²) in [5.74, 6) is -0.604. The standard InChI is InChI=1S/C19H23FN4O2S/c20-13-5-4-8-15(11-13)21-17(25)10-9-16-12-27-19(23-16)24-18(26)22-14-6-2-1-3-7-14/h4-5,8,11-12,14H,1-3,6-7,9-10H2,(H,21,25)(H2,22,23,24,26). The molecule has 3 amide bonds. The SMILES string of the molecule is O=C(CCc1csc(NC(=O)NC2CCCCC2)n1)Nc1cccc(F)c1. The van der Waals surface area contributed by atoms with E-state index >= 15 is 0 Å². The van der Waals surface area contributed by atoms with Gasteiger partial charge in [-0.05, 0) is 37.5 Å². The van der Waals surface area contributed by atoms with Gasteiger partial charge >= 0.3 is 6.03 Å². The molecule has 1 fully saturated rings. The highest BCUT2D eigenvalue weighted by Gasteiger charge is 2.16. The molecular weight excluding hydrogens is 367 g/mol. The van der Waals surface area contributed by atoms with E-state index in [1.807, 2.05) is 5.38 Å². The maximum atomic E-state index is 13.1. The zero-order valence-corrected chi connectivity index (χ0v) is 15.8. The number of aryl methyl sites for hydroxylation is 1. The molecule has 144 valence electrons. The van der Waals surface area contributed by atoms with Crippen LogP contribution in [0.25, 0.3) is 0 Å². The number of thiazole rings is 1. The highest BCUT2D eigenvalue weighted by atomic mass is 32.1. The quantitative estimate of drug-likeness (QED) is 0.687. The Morgan fingerprint density at radius 2 is 2.00 bits per heavy atom. The van der Waals surface area contributed by atoms with Crippen molar-refractivity contribution >= 4 is 34.1 Å². The number of carbonyl (C=O) groups excluding carboxylic acids is 2. The van der Waals surface area contributed by atoms with E-state index in [4.69, 9.17) is 0 Å². The summed E-state index contributed by atoms with van der Waals surface area (Å²) in [6.07, 6.45) is 6.28. The Hall–Kier alpha value is -2.48. The van der Waals surface area contributed by atoms with Crippen molar-refractivity contribution < 1.29 is 14.0 Å². The molecule has 0 atom stereocenters. The second-order valence-corrected chi connectivity index (χ2v) is 7.49. The van der Waals surface area contributed by atoms with Gasteiger partial charge in [-0.3, -0.25) is 10.1 Å². The average Bonchev–Trinajstić information content (AvgIpc) is 3.08. The van der Waals surface area contributed by atoms with Crippen LogP contribution in [0.1, 0.15) is 44.2 Å². The predicted octanol–water partition coefficient (Wildman–Crippen LogP) is 4.31. The molecule has 3 N–H and O–H groups in total. The van der Waals surface area contributed by atoms with Gasteiger partial charge in [-0.15, -0.1) is 11.3 Å². The van der Waals surface area contributed by atoms with E-state index in [0.29, 0.717) is 17.2 Å². The molecule has 1 heterocycles. The van der Waals surface area contributed by atoms with Gasteiger partial charge in [-0.1, -0.05) is 25.3 Å². The summed E-state index contributed by atoms with van der Waals surface area (Å²) in [6, 6.07) is 5.78. The van der Waals surface area contributed by atoms with Crippen molar-refractivity contribution in [3.63, 3.8) is 0 Å². The molecule has 2 aromatic rings. The number of anilines is 2. The summed E-state index contributed by atoms with van der Waals surface area (Å²) in [5, 5.41) is 10.7. The lowest BCUT2D eigenvalue weighted by molar-refractivity contribution is -0.116. The lowest BCUT2D eigenvalue weighted by atomic mass is 9.96. The van der Waals surface area contributed by atoms with E-state index in [-0.39, 0.29) is 24.4 Å². The molecule has 8 heteroatoms. The van der Waals surface area contributed by atoms with E-state index in [9.17, 15) is 14.0 Å². The van der Waals surface area contributed by atoms with Crippen molar-refractivity contribution in [2.75, 3.05) is 10.6 Å². The number of rotatable bonds is 6. The molecule has 0 saturated heterocycles. The van der Waals surface area contributed by atoms with Gasteiger partial charge in [0.15, 0.2) is 5.13 Å². The van der Waals surface area contributed by atoms with Gasteiger partial charge in [0.2, 0.25) is 5.91 Å². The van der Waals surface area contributed by atoms with Crippen molar-refractivity contribution in [3.8, 4) is 0 Å². The first-order valence-corrected chi connectivity index (χ1v) is 10.0. The molecule has 0 bridgehead atoms. The second kappa shape index (κ2) is 9.45. The van der Waals surface area contributed by atoms with Gasteiger partial charge in [0.25, 0.3) is 0 Å². The molecule has 1 saturated carbocycles. The number of carbonyl (C=O) groups is 2. The number of hydrogen-bond acceptors (Lipinski definition) is 4. The van der Waals surface area contributed by atoms with Gasteiger partial charge in [-0.2, -0.15) is 0 Å². The number of hydrogen-bond donors (Lipinski definition) is 3. The monoisotopic (exact) mass is 390 g/mol. The van der Waals surface area contributed by atoms with Gasteiger partial charge in [-0.25, -0.2) is 14.2 Å². The Kier molecular flexibility index (Phi) is 6.75. The summed E-state index contributed by atoms with van der Waals surface area (Å²) >= 11 is 1.33. The summed E-state index contributed by atoms with van der Waals surface area (Å²) in [6.45, 7) is 0. The number of nitrogens with one attached hydrogen (secondary N) is 3. The Balaban J connectivity index is 1.42. The minimum absolute atomic E-state index is 0.210. The van der Waals surface area contributed by atoms with E-state index < -0.39 is 5.82 Å². The van der Waals surface area contributed by atoms with Crippen LogP contribution in [0.15, 0.2) is 29.6 Å². The third-order valence-electron chi connectivity index (χ3n) is 4.43. The van der Waals surface area contributed by atoms with Crippen LogP contribution in [0, 0.1) is 5.82 Å². The Bertz CT molecular complexity index is 790. The lowest BCUT2D eigenvalue weighted by Crippen LogP contribution is -2.38. The third kappa shape index (κ3) is 6.32. The number of halogens is 1. The molecule has 1 aromatic carbocycles. The summed E-state index contributed by atoms with van der Waals surface area (Å²) in [4.78, 5) is 28.3. The summed E-state index contributed by atoms with van der Waals surface area (Å²) in [5.41, 5.74) is 1.17. The lowest BCUT2D eigenvalue weighted by Gasteiger charge is -2.22. The molecular formula is C19H23FN4O2S. The van der Waals surface area contributed by atoms with E-state index in [1.54, 1.807) is 12.1 Å². The molecule has 27 heavy (non-hydrogen) atoms. The Morgan fingerprint density at radius 1 is 1.19 bits per heavy atom. The molecule has 0 aliphatic heterocycles. The summed E-state index contributed by atoms with van der Waals surface area (Å²) in [7, 11) is 0. The number of nitrogens with zero attached hydrogens (tertiary/aromatic N) is 1.